The number of methoxy groups -OCH3 is 2. The first-order chi connectivity index (χ1) is 23.0. The second-order valence-corrected chi connectivity index (χ2v) is 17.0. The van der Waals surface area contributed by atoms with Crippen molar-refractivity contribution in [2.24, 2.45) is 0 Å². The van der Waals surface area contributed by atoms with Crippen LogP contribution in [0, 0.1) is 0 Å². The minimum Gasteiger partial charge on any atom is -0.496 e. The molecule has 3 heteroatoms. The molecule has 7 aromatic carbocycles. The van der Waals surface area contributed by atoms with Gasteiger partial charge in [-0.1, -0.05) is 147 Å². The highest BCUT2D eigenvalue weighted by molar-refractivity contribution is 7.04. The Morgan fingerprint density at radius 1 is 0.383 bits per heavy atom. The minimum absolute atomic E-state index is 0.837. The molecule has 8 rings (SSSR count). The van der Waals surface area contributed by atoms with E-state index in [9.17, 15) is 0 Å². The first kappa shape index (κ1) is 29.0. The third kappa shape index (κ3) is 4.45. The van der Waals surface area contributed by atoms with E-state index >= 15 is 0 Å². The SMILES string of the molecule is COc1ccc2c3c(ccc(OC)c13)[Si](C)(C)c1c(-c3ccccc3)c(-c3ccccc3)c(-c3ccccc3)c(-c3ccccc3)c1-2. The molecule has 7 aromatic rings. The van der Waals surface area contributed by atoms with E-state index in [0.717, 1.165) is 16.9 Å². The molecule has 0 saturated heterocycles. The van der Waals surface area contributed by atoms with Gasteiger partial charge in [-0.05, 0) is 83.5 Å². The summed E-state index contributed by atoms with van der Waals surface area (Å²) in [5.74, 6) is 1.67. The Morgan fingerprint density at radius 2 is 0.766 bits per heavy atom. The molecule has 0 atom stereocenters. The summed E-state index contributed by atoms with van der Waals surface area (Å²) in [5, 5.41) is 5.16. The molecule has 0 radical (unpaired) electrons. The van der Waals surface area contributed by atoms with Gasteiger partial charge in [0.1, 0.15) is 19.6 Å². The summed E-state index contributed by atoms with van der Waals surface area (Å²) in [6.45, 7) is 5.04. The van der Waals surface area contributed by atoms with Crippen LogP contribution in [0.2, 0.25) is 13.1 Å². The van der Waals surface area contributed by atoms with Crippen LogP contribution in [-0.2, 0) is 0 Å². The van der Waals surface area contributed by atoms with Crippen LogP contribution in [0.3, 0.4) is 0 Å². The molecule has 2 nitrogen and oxygen atoms in total. The van der Waals surface area contributed by atoms with Crippen molar-refractivity contribution >= 4 is 29.2 Å². The van der Waals surface area contributed by atoms with Gasteiger partial charge in [-0.3, -0.25) is 0 Å². The summed E-state index contributed by atoms with van der Waals surface area (Å²) in [6.07, 6.45) is 0. The fourth-order valence-corrected chi connectivity index (χ4v) is 11.3. The molecule has 228 valence electrons. The Kier molecular flexibility index (Phi) is 7.08. The lowest BCUT2D eigenvalue weighted by atomic mass is 9.78. The lowest BCUT2D eigenvalue weighted by Crippen LogP contribution is -2.57. The molecule has 0 bridgehead atoms. The zero-order chi connectivity index (χ0) is 32.1. The fourth-order valence-electron chi connectivity index (χ4n) is 7.86. The predicted octanol–water partition coefficient (Wildman–Crippen LogP) is 10.3. The van der Waals surface area contributed by atoms with E-state index in [2.05, 4.69) is 159 Å². The number of hydrogen-bond donors (Lipinski definition) is 0. The Bertz CT molecular complexity index is 2250. The third-order valence-corrected chi connectivity index (χ3v) is 13.4. The van der Waals surface area contributed by atoms with E-state index in [1.165, 1.54) is 71.4 Å². The van der Waals surface area contributed by atoms with E-state index < -0.39 is 8.07 Å². The van der Waals surface area contributed by atoms with Gasteiger partial charge in [0.15, 0.2) is 0 Å². The van der Waals surface area contributed by atoms with Crippen LogP contribution in [0.15, 0.2) is 146 Å². The summed E-state index contributed by atoms with van der Waals surface area (Å²) in [7, 11) is 1.09. The van der Waals surface area contributed by atoms with Crippen LogP contribution in [0.1, 0.15) is 0 Å². The molecular weight excluding hydrogens is 589 g/mol. The lowest BCUT2D eigenvalue weighted by molar-refractivity contribution is 0.405. The van der Waals surface area contributed by atoms with Gasteiger partial charge in [0.2, 0.25) is 0 Å². The molecule has 0 fully saturated rings. The molecule has 1 heterocycles. The highest BCUT2D eigenvalue weighted by Crippen LogP contribution is 2.53. The molecule has 0 spiro atoms. The quantitative estimate of drug-likeness (QED) is 0.171. The molecule has 0 N–H and O–H groups in total. The largest absolute Gasteiger partial charge is 0.496 e. The molecule has 0 amide bonds. The standard InChI is InChI=1S/C44H36O2Si/c1-45-34-26-25-33-41-36(28-27-35(46-2)43(34)41)47(3,4)44-40(32-23-15-8-16-24-32)38(30-19-11-6-12-20-30)37(29-17-9-5-10-18-29)39(42(33)44)31-21-13-7-14-22-31/h5-28H,1-4H3. The smallest absolute Gasteiger partial charge is 0.130 e. The first-order valence-electron chi connectivity index (χ1n) is 16.2. The third-order valence-electron chi connectivity index (χ3n) is 9.84. The molecule has 0 aliphatic carbocycles. The van der Waals surface area contributed by atoms with Crippen LogP contribution in [0.4, 0.5) is 0 Å². The predicted molar refractivity (Wildman–Crippen MR) is 201 cm³/mol. The van der Waals surface area contributed by atoms with E-state index in [1.807, 2.05) is 0 Å². The van der Waals surface area contributed by atoms with Crippen LogP contribution in [0.5, 0.6) is 11.5 Å². The second-order valence-electron chi connectivity index (χ2n) is 12.7. The number of benzene rings is 7. The number of hydrogen-bond acceptors (Lipinski definition) is 2. The maximum absolute atomic E-state index is 6.02. The zero-order valence-electron chi connectivity index (χ0n) is 27.2. The maximum atomic E-state index is 6.02. The molecule has 1 aliphatic heterocycles. The van der Waals surface area contributed by atoms with Crippen LogP contribution < -0.4 is 19.8 Å². The van der Waals surface area contributed by atoms with Gasteiger partial charge in [0.25, 0.3) is 0 Å². The van der Waals surface area contributed by atoms with Gasteiger partial charge >= 0.3 is 0 Å². The van der Waals surface area contributed by atoms with Crippen molar-refractivity contribution in [3.05, 3.63) is 146 Å². The lowest BCUT2D eigenvalue weighted by Gasteiger charge is -2.39. The Morgan fingerprint density at radius 3 is 1.21 bits per heavy atom. The Labute approximate surface area is 277 Å². The molecular formula is C44H36O2Si. The van der Waals surface area contributed by atoms with Crippen molar-refractivity contribution < 1.29 is 9.47 Å². The van der Waals surface area contributed by atoms with Crippen molar-refractivity contribution in [1.82, 2.24) is 0 Å². The zero-order valence-corrected chi connectivity index (χ0v) is 28.2. The molecule has 1 aliphatic rings. The van der Waals surface area contributed by atoms with Crippen LogP contribution in [-0.4, -0.2) is 22.3 Å². The van der Waals surface area contributed by atoms with Gasteiger partial charge in [0, 0.05) is 0 Å². The van der Waals surface area contributed by atoms with Gasteiger partial charge in [-0.25, -0.2) is 0 Å². The molecule has 0 saturated carbocycles. The average Bonchev–Trinajstić information content (AvgIpc) is 3.13. The van der Waals surface area contributed by atoms with E-state index in [0.29, 0.717) is 0 Å². The molecule has 47 heavy (non-hydrogen) atoms. The van der Waals surface area contributed by atoms with Gasteiger partial charge < -0.3 is 9.47 Å². The van der Waals surface area contributed by atoms with Crippen molar-refractivity contribution in [3.8, 4) is 67.1 Å². The van der Waals surface area contributed by atoms with Crippen molar-refractivity contribution in [2.75, 3.05) is 14.2 Å². The van der Waals surface area contributed by atoms with Crippen LogP contribution in [0.25, 0.3) is 66.4 Å². The Balaban J connectivity index is 1.71. The van der Waals surface area contributed by atoms with Gasteiger partial charge in [-0.2, -0.15) is 0 Å². The van der Waals surface area contributed by atoms with Crippen LogP contribution >= 0.6 is 0 Å². The van der Waals surface area contributed by atoms with Crippen molar-refractivity contribution in [3.63, 3.8) is 0 Å². The Hall–Kier alpha value is -5.38. The monoisotopic (exact) mass is 624 g/mol. The van der Waals surface area contributed by atoms with Gasteiger partial charge in [-0.15, -0.1) is 0 Å². The van der Waals surface area contributed by atoms with Crippen molar-refractivity contribution in [2.45, 2.75) is 13.1 Å². The first-order valence-corrected chi connectivity index (χ1v) is 19.2. The highest BCUT2D eigenvalue weighted by Gasteiger charge is 2.42. The van der Waals surface area contributed by atoms with E-state index in [-0.39, 0.29) is 0 Å². The molecule has 0 unspecified atom stereocenters. The van der Waals surface area contributed by atoms with E-state index in [4.69, 9.17) is 9.47 Å². The highest BCUT2D eigenvalue weighted by atomic mass is 28.3. The number of rotatable bonds is 6. The normalized spacial score (nSPS) is 12.9. The molecule has 0 aromatic heterocycles. The summed E-state index contributed by atoms with van der Waals surface area (Å²) in [4.78, 5) is 0. The summed E-state index contributed by atoms with van der Waals surface area (Å²) >= 11 is 0. The summed E-state index contributed by atoms with van der Waals surface area (Å²) < 4.78 is 12.0. The minimum atomic E-state index is -2.42. The number of ether oxygens (including phenoxy) is 2. The average molecular weight is 625 g/mol. The van der Waals surface area contributed by atoms with E-state index in [1.54, 1.807) is 14.2 Å². The van der Waals surface area contributed by atoms with Gasteiger partial charge in [0.05, 0.1) is 19.6 Å². The summed E-state index contributed by atoms with van der Waals surface area (Å²) in [6, 6.07) is 52.8. The topological polar surface area (TPSA) is 18.5 Å². The van der Waals surface area contributed by atoms with Crippen molar-refractivity contribution in [1.29, 1.82) is 0 Å². The maximum Gasteiger partial charge on any atom is 0.130 e. The second kappa shape index (κ2) is 11.4. The summed E-state index contributed by atoms with van der Waals surface area (Å²) in [5.41, 5.74) is 12.5. The number of fused-ring (bicyclic) bond motifs is 2. The fraction of sp³-hybridized carbons (Fsp3) is 0.0909.